The van der Waals surface area contributed by atoms with E-state index in [2.05, 4.69) is 4.98 Å². The first kappa shape index (κ1) is 11.9. The molecule has 1 aliphatic rings. The Bertz CT molecular complexity index is 402. The van der Waals surface area contributed by atoms with Crippen molar-refractivity contribution < 1.29 is 9.53 Å². The highest BCUT2D eigenvalue weighted by Crippen LogP contribution is 2.20. The monoisotopic (exact) mass is 235 g/mol. The molecule has 0 radical (unpaired) electrons. The van der Waals surface area contributed by atoms with Gasteiger partial charge < -0.3 is 15.4 Å². The Morgan fingerprint density at radius 3 is 3.18 bits per heavy atom. The molecule has 2 rings (SSSR count). The van der Waals surface area contributed by atoms with Crippen LogP contribution in [-0.2, 0) is 4.74 Å². The van der Waals surface area contributed by atoms with E-state index in [0.717, 1.165) is 31.7 Å². The summed E-state index contributed by atoms with van der Waals surface area (Å²) in [6.07, 6.45) is 5.59. The van der Waals surface area contributed by atoms with Crippen LogP contribution in [0.25, 0.3) is 0 Å². The minimum Gasteiger partial charge on any atom is -0.376 e. The molecule has 1 unspecified atom stereocenters. The Morgan fingerprint density at radius 2 is 2.53 bits per heavy atom. The van der Waals surface area contributed by atoms with Crippen molar-refractivity contribution in [1.82, 2.24) is 4.98 Å². The number of anilines is 1. The number of nitrogens with two attached hydrogens (primary N) is 1. The Balaban J connectivity index is 2.12. The van der Waals surface area contributed by atoms with Crippen molar-refractivity contribution in [3.63, 3.8) is 0 Å². The third-order valence-electron chi connectivity index (χ3n) is 2.98. The largest absolute Gasteiger partial charge is 0.376 e. The second kappa shape index (κ2) is 5.14. The number of pyridine rings is 1. The van der Waals surface area contributed by atoms with Gasteiger partial charge in [-0.2, -0.15) is 0 Å². The van der Waals surface area contributed by atoms with Gasteiger partial charge in [-0.05, 0) is 18.9 Å². The molecule has 1 aromatic rings. The zero-order chi connectivity index (χ0) is 12.3. The van der Waals surface area contributed by atoms with E-state index in [-0.39, 0.29) is 6.10 Å². The van der Waals surface area contributed by atoms with Gasteiger partial charge in [0.15, 0.2) is 0 Å². The lowest BCUT2D eigenvalue weighted by molar-refractivity contribution is 0.0999. The van der Waals surface area contributed by atoms with Crippen LogP contribution in [0.1, 0.15) is 23.2 Å². The van der Waals surface area contributed by atoms with Crippen LogP contribution in [0.4, 0.5) is 5.69 Å². The first-order chi connectivity index (χ1) is 8.18. The molecule has 2 heterocycles. The van der Waals surface area contributed by atoms with E-state index in [1.54, 1.807) is 12.3 Å². The van der Waals surface area contributed by atoms with Gasteiger partial charge in [-0.25, -0.2) is 0 Å². The molecule has 5 nitrogen and oxygen atoms in total. The van der Waals surface area contributed by atoms with Gasteiger partial charge in [0.05, 0.1) is 17.4 Å². The number of rotatable bonds is 4. The zero-order valence-electron chi connectivity index (χ0n) is 9.93. The number of carbonyl (C=O) groups is 1. The summed E-state index contributed by atoms with van der Waals surface area (Å²) in [5, 5.41) is 0. The molecule has 92 valence electrons. The highest BCUT2D eigenvalue weighted by molar-refractivity contribution is 5.98. The molecule has 1 aromatic heterocycles. The van der Waals surface area contributed by atoms with Crippen molar-refractivity contribution in [1.29, 1.82) is 0 Å². The average Bonchev–Trinajstić information content (AvgIpc) is 2.81. The maximum absolute atomic E-state index is 11.3. The lowest BCUT2D eigenvalue weighted by Gasteiger charge is -2.24. The van der Waals surface area contributed by atoms with Crippen LogP contribution in [0.5, 0.6) is 0 Å². The molecule has 0 aromatic carbocycles. The highest BCUT2D eigenvalue weighted by Gasteiger charge is 2.19. The van der Waals surface area contributed by atoms with Crippen LogP contribution >= 0.6 is 0 Å². The summed E-state index contributed by atoms with van der Waals surface area (Å²) in [6.45, 7) is 1.60. The molecular formula is C12H17N3O2. The quantitative estimate of drug-likeness (QED) is 0.838. The molecule has 1 aliphatic heterocycles. The van der Waals surface area contributed by atoms with Crippen LogP contribution in [0, 0.1) is 0 Å². The van der Waals surface area contributed by atoms with E-state index in [0.29, 0.717) is 5.56 Å². The Hall–Kier alpha value is -1.62. The maximum Gasteiger partial charge on any atom is 0.252 e. The van der Waals surface area contributed by atoms with Gasteiger partial charge in [-0.15, -0.1) is 0 Å². The van der Waals surface area contributed by atoms with E-state index in [1.165, 1.54) is 6.20 Å². The highest BCUT2D eigenvalue weighted by atomic mass is 16.5. The molecule has 17 heavy (non-hydrogen) atoms. The van der Waals surface area contributed by atoms with Crippen LogP contribution in [0.2, 0.25) is 0 Å². The molecule has 1 amide bonds. The number of amides is 1. The minimum atomic E-state index is -0.452. The number of nitrogens with zero attached hydrogens (tertiary/aromatic N) is 2. The van der Waals surface area contributed by atoms with Crippen molar-refractivity contribution >= 4 is 11.6 Å². The molecule has 1 atom stereocenters. The summed E-state index contributed by atoms with van der Waals surface area (Å²) in [4.78, 5) is 17.2. The third kappa shape index (κ3) is 2.74. The summed E-state index contributed by atoms with van der Waals surface area (Å²) < 4.78 is 5.57. The number of aromatic nitrogens is 1. The van der Waals surface area contributed by atoms with E-state index < -0.39 is 5.91 Å². The van der Waals surface area contributed by atoms with E-state index >= 15 is 0 Å². The number of ether oxygens (including phenoxy) is 1. The maximum atomic E-state index is 11.3. The summed E-state index contributed by atoms with van der Waals surface area (Å²) in [5.74, 6) is -0.452. The summed E-state index contributed by atoms with van der Waals surface area (Å²) in [6, 6.07) is 1.80. The SMILES string of the molecule is CN(CC1CCCO1)c1ccncc1C(N)=O. The fraction of sp³-hybridized carbons (Fsp3) is 0.500. The van der Waals surface area contributed by atoms with E-state index in [9.17, 15) is 4.79 Å². The number of hydrogen-bond donors (Lipinski definition) is 1. The standard InChI is InChI=1S/C12H17N3O2/c1-15(8-9-3-2-6-17-9)11-4-5-14-7-10(11)12(13)16/h4-5,7,9H,2-3,6,8H2,1H3,(H2,13,16). The molecule has 1 saturated heterocycles. The van der Waals surface area contributed by atoms with Gasteiger partial charge in [-0.3, -0.25) is 9.78 Å². The Labute approximate surface area is 101 Å². The first-order valence-corrected chi connectivity index (χ1v) is 5.75. The van der Waals surface area contributed by atoms with Crippen molar-refractivity contribution in [3.05, 3.63) is 24.0 Å². The molecule has 0 spiro atoms. The smallest absolute Gasteiger partial charge is 0.252 e. The first-order valence-electron chi connectivity index (χ1n) is 5.75. The Kier molecular flexibility index (Phi) is 3.58. The van der Waals surface area contributed by atoms with Gasteiger partial charge in [-0.1, -0.05) is 0 Å². The van der Waals surface area contributed by atoms with Crippen LogP contribution in [0.15, 0.2) is 18.5 Å². The molecule has 0 saturated carbocycles. The van der Waals surface area contributed by atoms with Gasteiger partial charge in [0.1, 0.15) is 0 Å². The zero-order valence-corrected chi connectivity index (χ0v) is 9.93. The summed E-state index contributed by atoms with van der Waals surface area (Å²) in [7, 11) is 1.93. The number of likely N-dealkylation sites (N-methyl/N-ethyl adjacent to an activating group) is 1. The van der Waals surface area contributed by atoms with Crippen LogP contribution < -0.4 is 10.6 Å². The molecule has 0 bridgehead atoms. The van der Waals surface area contributed by atoms with E-state index in [1.807, 2.05) is 11.9 Å². The average molecular weight is 235 g/mol. The van der Waals surface area contributed by atoms with Crippen LogP contribution in [-0.4, -0.2) is 37.2 Å². The van der Waals surface area contributed by atoms with Gasteiger partial charge >= 0.3 is 0 Å². The fourth-order valence-electron chi connectivity index (χ4n) is 2.10. The third-order valence-corrected chi connectivity index (χ3v) is 2.98. The fourth-order valence-corrected chi connectivity index (χ4v) is 2.10. The Morgan fingerprint density at radius 1 is 1.71 bits per heavy atom. The summed E-state index contributed by atoms with van der Waals surface area (Å²) in [5.41, 5.74) is 6.58. The van der Waals surface area contributed by atoms with Gasteiger partial charge in [0, 0.05) is 32.6 Å². The number of carbonyl (C=O) groups excluding carboxylic acids is 1. The number of hydrogen-bond acceptors (Lipinski definition) is 4. The van der Waals surface area contributed by atoms with Crippen LogP contribution in [0.3, 0.4) is 0 Å². The van der Waals surface area contributed by atoms with Crippen molar-refractivity contribution in [2.45, 2.75) is 18.9 Å². The predicted octanol–water partition coefficient (Wildman–Crippen LogP) is 0.796. The molecular weight excluding hydrogens is 218 g/mol. The topological polar surface area (TPSA) is 68.4 Å². The normalized spacial score (nSPS) is 19.2. The van der Waals surface area contributed by atoms with Gasteiger partial charge in [0.25, 0.3) is 5.91 Å². The lowest BCUT2D eigenvalue weighted by Crippen LogP contribution is -2.30. The van der Waals surface area contributed by atoms with Crippen molar-refractivity contribution in [3.8, 4) is 0 Å². The second-order valence-corrected chi connectivity index (χ2v) is 4.27. The summed E-state index contributed by atoms with van der Waals surface area (Å²) >= 11 is 0. The molecule has 1 fully saturated rings. The lowest BCUT2D eigenvalue weighted by atomic mass is 10.2. The predicted molar refractivity (Wildman–Crippen MR) is 65.0 cm³/mol. The second-order valence-electron chi connectivity index (χ2n) is 4.27. The van der Waals surface area contributed by atoms with Crippen molar-refractivity contribution in [2.75, 3.05) is 25.1 Å². The minimum absolute atomic E-state index is 0.244. The molecule has 2 N–H and O–H groups in total. The molecule has 0 aliphatic carbocycles. The van der Waals surface area contributed by atoms with Gasteiger partial charge in [0.2, 0.25) is 0 Å². The number of primary amides is 1. The van der Waals surface area contributed by atoms with E-state index in [4.69, 9.17) is 10.5 Å². The van der Waals surface area contributed by atoms with Crippen molar-refractivity contribution in [2.24, 2.45) is 5.73 Å². The molecule has 5 heteroatoms.